The molecule has 3 rings (SSSR count). The number of nitrogens with one attached hydrogen (secondary N) is 1. The number of ether oxygens (including phenoxy) is 1. The molecule has 0 aliphatic carbocycles. The lowest BCUT2D eigenvalue weighted by Crippen LogP contribution is -2.53. The molecule has 0 saturated carbocycles. The van der Waals surface area contributed by atoms with Crippen LogP contribution in [0.4, 0.5) is 15.3 Å². The van der Waals surface area contributed by atoms with E-state index in [1.54, 1.807) is 16.8 Å². The Bertz CT molecular complexity index is 604. The van der Waals surface area contributed by atoms with E-state index in [-0.39, 0.29) is 18.1 Å². The van der Waals surface area contributed by atoms with Gasteiger partial charge >= 0.3 is 12.1 Å². The molecule has 2 aliphatic heterocycles. The van der Waals surface area contributed by atoms with Crippen molar-refractivity contribution in [3.8, 4) is 0 Å². The Hall–Kier alpha value is -2.28. The third kappa shape index (κ3) is 4.66. The number of anilines is 1. The third-order valence-electron chi connectivity index (χ3n) is 5.00. The van der Waals surface area contributed by atoms with Crippen LogP contribution in [0.25, 0.3) is 0 Å². The molecule has 0 unspecified atom stereocenters. The van der Waals surface area contributed by atoms with Crippen molar-refractivity contribution in [2.45, 2.75) is 25.3 Å². The van der Waals surface area contributed by atoms with Crippen molar-refractivity contribution >= 4 is 17.7 Å². The highest BCUT2D eigenvalue weighted by atomic mass is 16.5. The predicted molar refractivity (Wildman–Crippen MR) is 100 cm³/mol. The van der Waals surface area contributed by atoms with E-state index in [0.29, 0.717) is 32.8 Å². The monoisotopic (exact) mass is 360 g/mol. The predicted octanol–water partition coefficient (Wildman–Crippen LogP) is 2.14. The van der Waals surface area contributed by atoms with E-state index in [0.717, 1.165) is 31.5 Å². The van der Waals surface area contributed by atoms with Gasteiger partial charge in [-0.15, -0.1) is 0 Å². The van der Waals surface area contributed by atoms with Crippen LogP contribution in [0.3, 0.4) is 0 Å². The fraction of sp³-hybridized carbons (Fsp3) is 0.579. The van der Waals surface area contributed by atoms with Gasteiger partial charge in [0.25, 0.3) is 0 Å². The number of hydrogen-bond donors (Lipinski definition) is 1. The number of morpholine rings is 1. The van der Waals surface area contributed by atoms with Crippen LogP contribution >= 0.6 is 0 Å². The molecule has 142 valence electrons. The SMILES string of the molecule is CN(C(=O)N1CCCC[C@@H](NC(=O)N2CCOCC2)C1)c1ccccc1. The number of rotatable bonds is 2. The van der Waals surface area contributed by atoms with E-state index < -0.39 is 0 Å². The van der Waals surface area contributed by atoms with Gasteiger partial charge in [-0.2, -0.15) is 0 Å². The van der Waals surface area contributed by atoms with Crippen molar-refractivity contribution in [3.63, 3.8) is 0 Å². The van der Waals surface area contributed by atoms with Gasteiger partial charge in [-0.05, 0) is 31.4 Å². The Morgan fingerprint density at radius 1 is 1.08 bits per heavy atom. The average Bonchev–Trinajstić information content (AvgIpc) is 2.93. The van der Waals surface area contributed by atoms with Gasteiger partial charge in [0.2, 0.25) is 0 Å². The maximum atomic E-state index is 12.9. The third-order valence-corrected chi connectivity index (χ3v) is 5.00. The highest BCUT2D eigenvalue weighted by Gasteiger charge is 2.27. The van der Waals surface area contributed by atoms with Crippen molar-refractivity contribution in [2.75, 3.05) is 51.3 Å². The number of carbonyl (C=O) groups excluding carboxylic acids is 2. The van der Waals surface area contributed by atoms with Gasteiger partial charge in [0, 0.05) is 45.0 Å². The van der Waals surface area contributed by atoms with Gasteiger partial charge in [0.15, 0.2) is 0 Å². The van der Waals surface area contributed by atoms with Gasteiger partial charge in [0.1, 0.15) is 0 Å². The minimum atomic E-state index is -0.0518. The molecule has 1 aromatic carbocycles. The molecule has 26 heavy (non-hydrogen) atoms. The minimum Gasteiger partial charge on any atom is -0.378 e. The van der Waals surface area contributed by atoms with Crippen LogP contribution in [0.5, 0.6) is 0 Å². The van der Waals surface area contributed by atoms with E-state index in [9.17, 15) is 9.59 Å². The van der Waals surface area contributed by atoms with E-state index in [1.807, 2.05) is 35.2 Å². The molecule has 0 radical (unpaired) electrons. The molecular formula is C19H28N4O3. The second-order valence-corrected chi connectivity index (χ2v) is 6.86. The number of amides is 4. The van der Waals surface area contributed by atoms with Crippen LogP contribution in [0, 0.1) is 0 Å². The fourth-order valence-electron chi connectivity index (χ4n) is 3.44. The molecule has 2 saturated heterocycles. The van der Waals surface area contributed by atoms with E-state index in [4.69, 9.17) is 4.74 Å². The average molecular weight is 360 g/mol. The summed E-state index contributed by atoms with van der Waals surface area (Å²) in [5.74, 6) is 0. The molecule has 7 nitrogen and oxygen atoms in total. The van der Waals surface area contributed by atoms with Crippen molar-refractivity contribution < 1.29 is 14.3 Å². The summed E-state index contributed by atoms with van der Waals surface area (Å²) in [5, 5.41) is 3.11. The first-order valence-electron chi connectivity index (χ1n) is 9.36. The van der Waals surface area contributed by atoms with E-state index >= 15 is 0 Å². The van der Waals surface area contributed by atoms with Gasteiger partial charge in [-0.1, -0.05) is 18.2 Å². The summed E-state index contributed by atoms with van der Waals surface area (Å²) < 4.78 is 5.30. The Kier molecular flexibility index (Phi) is 6.33. The largest absolute Gasteiger partial charge is 0.378 e. The van der Waals surface area contributed by atoms with E-state index in [2.05, 4.69) is 5.32 Å². The minimum absolute atomic E-state index is 0.0130. The summed E-state index contributed by atoms with van der Waals surface area (Å²) in [5.41, 5.74) is 0.871. The number of benzene rings is 1. The zero-order chi connectivity index (χ0) is 18.4. The van der Waals surface area contributed by atoms with Crippen molar-refractivity contribution in [1.82, 2.24) is 15.1 Å². The first kappa shape index (κ1) is 18.5. The first-order chi connectivity index (χ1) is 12.6. The lowest BCUT2D eigenvalue weighted by molar-refractivity contribution is 0.0522. The van der Waals surface area contributed by atoms with Gasteiger partial charge in [0.05, 0.1) is 13.2 Å². The summed E-state index contributed by atoms with van der Waals surface area (Å²) in [6.07, 6.45) is 2.86. The van der Waals surface area contributed by atoms with Crippen LogP contribution in [0.1, 0.15) is 19.3 Å². The lowest BCUT2D eigenvalue weighted by Gasteiger charge is -2.32. The Morgan fingerprint density at radius 2 is 1.81 bits per heavy atom. The normalized spacial score (nSPS) is 21.0. The Labute approximate surface area is 154 Å². The van der Waals surface area contributed by atoms with Crippen LogP contribution in [0.15, 0.2) is 30.3 Å². The summed E-state index contributed by atoms with van der Waals surface area (Å²) >= 11 is 0. The molecule has 1 atom stereocenters. The summed E-state index contributed by atoms with van der Waals surface area (Å²) in [4.78, 5) is 30.7. The number of likely N-dealkylation sites (tertiary alicyclic amines) is 1. The standard InChI is InChI=1S/C19H28N4O3/c1-21(17-8-3-2-4-9-17)19(25)23-10-6-5-7-16(15-23)20-18(24)22-11-13-26-14-12-22/h2-4,8-9,16H,5-7,10-15H2,1H3,(H,20,24)/t16-/m1/s1. The topological polar surface area (TPSA) is 65.1 Å². The zero-order valence-corrected chi connectivity index (χ0v) is 15.4. The molecular weight excluding hydrogens is 332 g/mol. The number of hydrogen-bond acceptors (Lipinski definition) is 3. The zero-order valence-electron chi connectivity index (χ0n) is 15.4. The number of urea groups is 2. The number of nitrogens with zero attached hydrogens (tertiary/aromatic N) is 3. The summed E-state index contributed by atoms with van der Waals surface area (Å²) in [6, 6.07) is 9.54. The van der Waals surface area contributed by atoms with E-state index in [1.165, 1.54) is 0 Å². The quantitative estimate of drug-likeness (QED) is 0.879. The molecule has 2 fully saturated rings. The summed E-state index contributed by atoms with van der Waals surface area (Å²) in [7, 11) is 1.80. The molecule has 0 aromatic heterocycles. The molecule has 1 N–H and O–H groups in total. The van der Waals surface area contributed by atoms with Gasteiger partial charge in [-0.3, -0.25) is 4.90 Å². The van der Waals surface area contributed by atoms with Crippen molar-refractivity contribution in [1.29, 1.82) is 0 Å². The Morgan fingerprint density at radius 3 is 2.54 bits per heavy atom. The second-order valence-electron chi connectivity index (χ2n) is 6.86. The van der Waals surface area contributed by atoms with Gasteiger partial charge in [-0.25, -0.2) is 9.59 Å². The highest BCUT2D eigenvalue weighted by molar-refractivity contribution is 5.91. The first-order valence-corrected chi connectivity index (χ1v) is 9.36. The maximum absolute atomic E-state index is 12.9. The highest BCUT2D eigenvalue weighted by Crippen LogP contribution is 2.17. The van der Waals surface area contributed by atoms with Crippen LogP contribution < -0.4 is 10.2 Å². The lowest BCUT2D eigenvalue weighted by atomic mass is 10.1. The molecule has 0 spiro atoms. The molecule has 0 bridgehead atoms. The maximum Gasteiger partial charge on any atom is 0.324 e. The number of para-hydroxylation sites is 1. The smallest absolute Gasteiger partial charge is 0.324 e. The molecule has 2 heterocycles. The Balaban J connectivity index is 1.59. The fourth-order valence-corrected chi connectivity index (χ4v) is 3.44. The second kappa shape index (κ2) is 8.89. The summed E-state index contributed by atoms with van der Waals surface area (Å²) in [6.45, 7) is 3.69. The molecule has 4 amide bonds. The molecule has 2 aliphatic rings. The van der Waals surface area contributed by atoms with Crippen LogP contribution in [-0.2, 0) is 4.74 Å². The van der Waals surface area contributed by atoms with Crippen LogP contribution in [0.2, 0.25) is 0 Å². The molecule has 1 aromatic rings. The van der Waals surface area contributed by atoms with Crippen LogP contribution in [-0.4, -0.2) is 74.3 Å². The number of carbonyl (C=O) groups is 2. The van der Waals surface area contributed by atoms with Crippen molar-refractivity contribution in [2.24, 2.45) is 0 Å². The molecule has 7 heteroatoms. The van der Waals surface area contributed by atoms with Gasteiger partial charge < -0.3 is 19.9 Å². The van der Waals surface area contributed by atoms with Crippen molar-refractivity contribution in [3.05, 3.63) is 30.3 Å².